The van der Waals surface area contributed by atoms with Gasteiger partial charge >= 0.3 is 0 Å². The number of hydrogen-bond acceptors (Lipinski definition) is 2. The zero-order chi connectivity index (χ0) is 9.80. The van der Waals surface area contributed by atoms with Gasteiger partial charge in [-0.1, -0.05) is 36.9 Å². The third kappa shape index (κ3) is 2.10. The fraction of sp³-hybridized carbons (Fsp3) is 0.0833. The largest absolute Gasteiger partial charge is 0.471 e. The van der Waals surface area contributed by atoms with Crippen LogP contribution in [-0.2, 0) is 4.74 Å². The van der Waals surface area contributed by atoms with Gasteiger partial charge in [-0.2, -0.15) is 0 Å². The van der Waals surface area contributed by atoms with Gasteiger partial charge in [0.15, 0.2) is 0 Å². The Kier molecular flexibility index (Phi) is 2.45. The predicted octanol–water partition coefficient (Wildman–Crippen LogP) is 2.64. The quantitative estimate of drug-likeness (QED) is 0.694. The molecule has 70 valence electrons. The van der Waals surface area contributed by atoms with E-state index in [2.05, 4.69) is 11.6 Å². The maximum absolute atomic E-state index is 5.25. The van der Waals surface area contributed by atoms with Crippen molar-refractivity contribution in [2.75, 3.05) is 6.61 Å². The lowest BCUT2D eigenvalue weighted by molar-refractivity contribution is 0.366. The Morgan fingerprint density at radius 3 is 2.64 bits per heavy atom. The highest BCUT2D eigenvalue weighted by atomic mass is 16.5. The first-order valence-corrected chi connectivity index (χ1v) is 4.47. The third-order valence-electron chi connectivity index (χ3n) is 1.87. The number of ether oxygens (including phenoxy) is 1. The van der Waals surface area contributed by atoms with Gasteiger partial charge in [0.1, 0.15) is 6.61 Å². The molecule has 14 heavy (non-hydrogen) atoms. The average Bonchev–Trinajstić information content (AvgIpc) is 2.63. The van der Waals surface area contributed by atoms with Crippen molar-refractivity contribution in [3.63, 3.8) is 0 Å². The summed E-state index contributed by atoms with van der Waals surface area (Å²) in [5, 5.41) is 0. The molecule has 0 saturated heterocycles. The molecular weight excluding hydrogens is 174 g/mol. The highest BCUT2D eigenvalue weighted by Gasteiger charge is 2.05. The Hall–Kier alpha value is -1.83. The van der Waals surface area contributed by atoms with Crippen LogP contribution in [0.25, 0.3) is 6.08 Å². The van der Waals surface area contributed by atoms with Crippen LogP contribution in [0.3, 0.4) is 0 Å². The molecule has 0 saturated carbocycles. The summed E-state index contributed by atoms with van der Waals surface area (Å²) in [4.78, 5) is 4.12. The first-order chi connectivity index (χ1) is 6.84. The monoisotopic (exact) mass is 185 g/mol. The van der Waals surface area contributed by atoms with Gasteiger partial charge in [-0.05, 0) is 11.6 Å². The third-order valence-corrected chi connectivity index (χ3v) is 1.87. The van der Waals surface area contributed by atoms with Crippen LogP contribution in [0.1, 0.15) is 5.56 Å². The van der Waals surface area contributed by atoms with Gasteiger partial charge in [-0.3, -0.25) is 0 Å². The summed E-state index contributed by atoms with van der Waals surface area (Å²) in [6.45, 7) is 4.22. The molecule has 1 aromatic carbocycles. The first kappa shape index (κ1) is 8.75. The molecule has 0 bridgehead atoms. The van der Waals surface area contributed by atoms with Crippen LogP contribution in [0.5, 0.6) is 0 Å². The zero-order valence-electron chi connectivity index (χ0n) is 7.81. The van der Waals surface area contributed by atoms with Gasteiger partial charge < -0.3 is 4.74 Å². The Bertz CT molecular complexity index is 390. The van der Waals surface area contributed by atoms with E-state index in [-0.39, 0.29) is 0 Å². The second-order valence-corrected chi connectivity index (χ2v) is 3.05. The highest BCUT2D eigenvalue weighted by Crippen LogP contribution is 2.08. The van der Waals surface area contributed by atoms with Crippen molar-refractivity contribution in [1.82, 2.24) is 0 Å². The van der Waals surface area contributed by atoms with Crippen LogP contribution in [0, 0.1) is 0 Å². The Morgan fingerprint density at radius 2 is 2.00 bits per heavy atom. The summed E-state index contributed by atoms with van der Waals surface area (Å²) in [7, 11) is 0. The Morgan fingerprint density at radius 1 is 1.21 bits per heavy atom. The van der Waals surface area contributed by atoms with Crippen molar-refractivity contribution < 1.29 is 4.74 Å². The van der Waals surface area contributed by atoms with Crippen molar-refractivity contribution in [2.45, 2.75) is 0 Å². The molecule has 0 amide bonds. The highest BCUT2D eigenvalue weighted by molar-refractivity contribution is 5.93. The van der Waals surface area contributed by atoms with Gasteiger partial charge in [-0.25, -0.2) is 4.99 Å². The van der Waals surface area contributed by atoms with Gasteiger partial charge in [0, 0.05) is 6.08 Å². The van der Waals surface area contributed by atoms with Crippen LogP contribution in [0.2, 0.25) is 0 Å². The van der Waals surface area contributed by atoms with E-state index >= 15 is 0 Å². The molecule has 2 nitrogen and oxygen atoms in total. The van der Waals surface area contributed by atoms with E-state index in [0.29, 0.717) is 12.5 Å². The molecule has 2 heteroatoms. The molecule has 0 aromatic heterocycles. The molecule has 0 radical (unpaired) electrons. The fourth-order valence-electron chi connectivity index (χ4n) is 1.19. The van der Waals surface area contributed by atoms with Gasteiger partial charge in [0.25, 0.3) is 0 Å². The van der Waals surface area contributed by atoms with Crippen molar-refractivity contribution in [2.24, 2.45) is 4.99 Å². The Balaban J connectivity index is 2.08. The number of nitrogens with zero attached hydrogens (tertiary/aromatic N) is 1. The lowest BCUT2D eigenvalue weighted by Crippen LogP contribution is -1.92. The molecule has 0 atom stereocenters. The van der Waals surface area contributed by atoms with Crippen LogP contribution in [0.15, 0.2) is 53.7 Å². The zero-order valence-corrected chi connectivity index (χ0v) is 7.81. The topological polar surface area (TPSA) is 21.6 Å². The van der Waals surface area contributed by atoms with E-state index in [1.54, 1.807) is 0 Å². The smallest absolute Gasteiger partial charge is 0.213 e. The lowest BCUT2D eigenvalue weighted by atomic mass is 10.2. The predicted molar refractivity (Wildman–Crippen MR) is 58.0 cm³/mol. The molecule has 0 spiro atoms. The van der Waals surface area contributed by atoms with Crippen molar-refractivity contribution in [1.29, 1.82) is 0 Å². The molecule has 1 aliphatic heterocycles. The average molecular weight is 185 g/mol. The fourth-order valence-corrected chi connectivity index (χ4v) is 1.19. The van der Waals surface area contributed by atoms with Gasteiger partial charge in [0.05, 0.1) is 5.70 Å². The molecule has 0 N–H and O–H groups in total. The summed E-state index contributed by atoms with van der Waals surface area (Å²) in [5.74, 6) is 0.638. The van der Waals surface area contributed by atoms with Crippen molar-refractivity contribution in [3.05, 3.63) is 54.2 Å². The maximum atomic E-state index is 5.25. The second kappa shape index (κ2) is 3.92. The van der Waals surface area contributed by atoms with E-state index < -0.39 is 0 Å². The summed E-state index contributed by atoms with van der Waals surface area (Å²) in [5.41, 5.74) is 1.91. The van der Waals surface area contributed by atoms with Crippen LogP contribution >= 0.6 is 0 Å². The molecule has 1 aliphatic rings. The Labute approximate surface area is 83.2 Å². The molecule has 1 aromatic rings. The molecule has 0 aliphatic carbocycles. The molecule has 1 heterocycles. The maximum Gasteiger partial charge on any atom is 0.213 e. The second-order valence-electron chi connectivity index (χ2n) is 3.05. The van der Waals surface area contributed by atoms with E-state index in [0.717, 1.165) is 11.3 Å². The lowest BCUT2D eigenvalue weighted by Gasteiger charge is -1.93. The van der Waals surface area contributed by atoms with E-state index in [9.17, 15) is 0 Å². The number of aliphatic imine (C=N–C) groups is 1. The molecular formula is C12H11NO. The number of hydrogen-bond donors (Lipinski definition) is 0. The van der Waals surface area contributed by atoms with E-state index in [4.69, 9.17) is 4.74 Å². The normalized spacial score (nSPS) is 15.7. The summed E-state index contributed by atoms with van der Waals surface area (Å²) in [6, 6.07) is 10.0. The van der Waals surface area contributed by atoms with Crippen LogP contribution in [0.4, 0.5) is 0 Å². The molecule has 0 fully saturated rings. The minimum absolute atomic E-state index is 0.508. The minimum Gasteiger partial charge on any atom is -0.471 e. The van der Waals surface area contributed by atoms with Crippen molar-refractivity contribution >= 4 is 12.0 Å². The number of benzene rings is 1. The van der Waals surface area contributed by atoms with E-state index in [1.807, 2.05) is 42.5 Å². The van der Waals surface area contributed by atoms with E-state index in [1.165, 1.54) is 0 Å². The van der Waals surface area contributed by atoms with Crippen molar-refractivity contribution in [3.8, 4) is 0 Å². The summed E-state index contributed by atoms with van der Waals surface area (Å²) in [6.07, 6.45) is 3.82. The summed E-state index contributed by atoms with van der Waals surface area (Å²) >= 11 is 0. The molecule has 0 unspecified atom stereocenters. The first-order valence-electron chi connectivity index (χ1n) is 4.47. The minimum atomic E-state index is 0.508. The summed E-state index contributed by atoms with van der Waals surface area (Å²) < 4.78 is 5.25. The van der Waals surface area contributed by atoms with Gasteiger partial charge in [-0.15, -0.1) is 0 Å². The van der Waals surface area contributed by atoms with Gasteiger partial charge in [0.2, 0.25) is 5.90 Å². The van der Waals surface area contributed by atoms with Crippen LogP contribution < -0.4 is 0 Å². The van der Waals surface area contributed by atoms with Crippen LogP contribution in [-0.4, -0.2) is 12.5 Å². The number of rotatable bonds is 2. The standard InChI is InChI=1S/C12H11NO/c1-10-9-14-12(13-10)8-7-11-5-3-2-4-6-11/h2-8H,1,9H2/b8-7+. The molecule has 2 rings (SSSR count). The SMILES string of the molecule is C=C1COC(/C=C/c2ccccc2)=N1.